The highest BCUT2D eigenvalue weighted by Gasteiger charge is 2.13. The van der Waals surface area contributed by atoms with Gasteiger partial charge in [-0.05, 0) is 49.6 Å². The number of carboxylic acids is 1. The summed E-state index contributed by atoms with van der Waals surface area (Å²) in [7, 11) is 0. The summed E-state index contributed by atoms with van der Waals surface area (Å²) in [6, 6.07) is 6.51. The monoisotopic (exact) mass is 263 g/mol. The van der Waals surface area contributed by atoms with E-state index in [1.54, 1.807) is 24.3 Å². The molecule has 4 heteroatoms. The molecule has 0 atom stereocenters. The first-order chi connectivity index (χ1) is 9.25. The van der Waals surface area contributed by atoms with Crippen molar-refractivity contribution in [3.8, 4) is 5.75 Å². The quantitative estimate of drug-likeness (QED) is 0.742. The van der Waals surface area contributed by atoms with Gasteiger partial charge in [-0.25, -0.2) is 4.79 Å². The summed E-state index contributed by atoms with van der Waals surface area (Å²) in [6.07, 6.45) is 5.45. The second-order valence-corrected chi connectivity index (χ2v) is 5.03. The van der Waals surface area contributed by atoms with E-state index in [0.717, 1.165) is 19.0 Å². The molecule has 104 valence electrons. The third-order valence-corrected chi connectivity index (χ3v) is 3.56. The molecule has 1 aliphatic rings. The first kappa shape index (κ1) is 13.9. The Kier molecular flexibility index (Phi) is 5.21. The topological polar surface area (TPSA) is 58.6 Å². The van der Waals surface area contributed by atoms with Crippen LogP contribution in [0.1, 0.15) is 36.0 Å². The Morgan fingerprint density at radius 2 is 1.95 bits per heavy atom. The minimum atomic E-state index is -0.912. The molecule has 0 aromatic heterocycles. The van der Waals surface area contributed by atoms with E-state index in [0.29, 0.717) is 12.4 Å². The van der Waals surface area contributed by atoms with E-state index in [1.807, 2.05) is 0 Å². The highest BCUT2D eigenvalue weighted by atomic mass is 16.5. The third kappa shape index (κ3) is 4.56. The van der Waals surface area contributed by atoms with Crippen LogP contribution in [0.25, 0.3) is 0 Å². The lowest BCUT2D eigenvalue weighted by atomic mass is 10.1. The molecule has 4 nitrogen and oxygen atoms in total. The van der Waals surface area contributed by atoms with Crippen LogP contribution in [0.15, 0.2) is 24.3 Å². The van der Waals surface area contributed by atoms with Crippen LogP contribution in [0.2, 0.25) is 0 Å². The van der Waals surface area contributed by atoms with Gasteiger partial charge in [0.05, 0.1) is 5.56 Å². The Hall–Kier alpha value is -1.55. The normalized spacial score (nSPS) is 15.6. The summed E-state index contributed by atoms with van der Waals surface area (Å²) in [5.41, 5.74) is 0.284. The zero-order chi connectivity index (χ0) is 13.5. The molecule has 1 aromatic carbocycles. The Labute approximate surface area is 113 Å². The van der Waals surface area contributed by atoms with Crippen LogP contribution < -0.4 is 10.1 Å². The lowest BCUT2D eigenvalue weighted by Gasteiger charge is -2.11. The molecule has 1 aliphatic carbocycles. The van der Waals surface area contributed by atoms with Gasteiger partial charge in [0, 0.05) is 6.54 Å². The molecule has 2 N–H and O–H groups in total. The predicted molar refractivity (Wildman–Crippen MR) is 73.7 cm³/mol. The fourth-order valence-electron chi connectivity index (χ4n) is 2.46. The van der Waals surface area contributed by atoms with Crippen LogP contribution in [0.4, 0.5) is 0 Å². The fourth-order valence-corrected chi connectivity index (χ4v) is 2.46. The van der Waals surface area contributed by atoms with Gasteiger partial charge >= 0.3 is 5.97 Å². The average Bonchev–Trinajstić information content (AvgIpc) is 2.92. The van der Waals surface area contributed by atoms with Crippen LogP contribution in [0, 0.1) is 5.92 Å². The number of hydrogen-bond acceptors (Lipinski definition) is 3. The molecule has 2 rings (SSSR count). The van der Waals surface area contributed by atoms with Crippen molar-refractivity contribution >= 4 is 5.97 Å². The summed E-state index contributed by atoms with van der Waals surface area (Å²) >= 11 is 0. The molecule has 1 aromatic rings. The first-order valence-electron chi connectivity index (χ1n) is 6.92. The molecule has 1 saturated carbocycles. The summed E-state index contributed by atoms with van der Waals surface area (Å²) in [5, 5.41) is 12.2. The summed E-state index contributed by atoms with van der Waals surface area (Å²) in [4.78, 5) is 10.7. The number of nitrogens with one attached hydrogen (secondary N) is 1. The minimum absolute atomic E-state index is 0.284. The van der Waals surface area contributed by atoms with Crippen molar-refractivity contribution in [2.24, 2.45) is 5.92 Å². The fraction of sp³-hybridized carbons (Fsp3) is 0.533. The predicted octanol–water partition coefficient (Wildman–Crippen LogP) is 2.54. The molecule has 0 amide bonds. The Morgan fingerprint density at radius 1 is 1.26 bits per heavy atom. The maximum absolute atomic E-state index is 10.7. The maximum atomic E-state index is 10.7. The minimum Gasteiger partial charge on any atom is -0.492 e. The van der Waals surface area contributed by atoms with Gasteiger partial charge in [0.2, 0.25) is 0 Å². The smallest absolute Gasteiger partial charge is 0.335 e. The van der Waals surface area contributed by atoms with E-state index in [2.05, 4.69) is 5.32 Å². The van der Waals surface area contributed by atoms with Crippen molar-refractivity contribution in [2.45, 2.75) is 25.7 Å². The second-order valence-electron chi connectivity index (χ2n) is 5.03. The van der Waals surface area contributed by atoms with Gasteiger partial charge < -0.3 is 15.2 Å². The summed E-state index contributed by atoms with van der Waals surface area (Å²) < 4.78 is 5.55. The Morgan fingerprint density at radius 3 is 2.58 bits per heavy atom. The SMILES string of the molecule is O=C(O)c1ccc(OCCNCC2CCCC2)cc1. The highest BCUT2D eigenvalue weighted by molar-refractivity contribution is 5.87. The van der Waals surface area contributed by atoms with Crippen LogP contribution in [0.3, 0.4) is 0 Å². The van der Waals surface area contributed by atoms with Crippen LogP contribution in [0.5, 0.6) is 5.75 Å². The van der Waals surface area contributed by atoms with Crippen LogP contribution in [-0.2, 0) is 0 Å². The molecule has 1 fully saturated rings. The van der Waals surface area contributed by atoms with E-state index in [-0.39, 0.29) is 5.56 Å². The molecular weight excluding hydrogens is 242 g/mol. The lowest BCUT2D eigenvalue weighted by molar-refractivity contribution is 0.0697. The lowest BCUT2D eigenvalue weighted by Crippen LogP contribution is -2.26. The molecule has 0 spiro atoms. The van der Waals surface area contributed by atoms with Gasteiger partial charge in [-0.15, -0.1) is 0 Å². The number of carboxylic acid groups (broad SMARTS) is 1. The summed E-state index contributed by atoms with van der Waals surface area (Å²) in [6.45, 7) is 2.53. The second kappa shape index (κ2) is 7.14. The molecule has 0 aliphatic heterocycles. The van der Waals surface area contributed by atoms with E-state index in [4.69, 9.17) is 9.84 Å². The van der Waals surface area contributed by atoms with Crippen molar-refractivity contribution in [3.63, 3.8) is 0 Å². The first-order valence-corrected chi connectivity index (χ1v) is 6.92. The number of rotatable bonds is 7. The summed E-state index contributed by atoms with van der Waals surface area (Å²) in [5.74, 6) is 0.646. The van der Waals surface area contributed by atoms with Crippen LogP contribution >= 0.6 is 0 Å². The zero-order valence-corrected chi connectivity index (χ0v) is 11.1. The molecule has 19 heavy (non-hydrogen) atoms. The number of aromatic carboxylic acids is 1. The van der Waals surface area contributed by atoms with E-state index < -0.39 is 5.97 Å². The molecule has 0 bridgehead atoms. The molecule has 0 radical (unpaired) electrons. The number of carbonyl (C=O) groups is 1. The van der Waals surface area contributed by atoms with Gasteiger partial charge in [-0.1, -0.05) is 12.8 Å². The molecule has 0 unspecified atom stereocenters. The van der Waals surface area contributed by atoms with E-state index in [9.17, 15) is 4.79 Å². The van der Waals surface area contributed by atoms with Crippen molar-refractivity contribution in [3.05, 3.63) is 29.8 Å². The molecule has 0 saturated heterocycles. The Balaban J connectivity index is 1.61. The number of ether oxygens (including phenoxy) is 1. The van der Waals surface area contributed by atoms with Crippen LogP contribution in [-0.4, -0.2) is 30.8 Å². The largest absolute Gasteiger partial charge is 0.492 e. The Bertz CT molecular complexity index is 396. The van der Waals surface area contributed by atoms with E-state index >= 15 is 0 Å². The van der Waals surface area contributed by atoms with Crippen molar-refractivity contribution in [1.29, 1.82) is 0 Å². The van der Waals surface area contributed by atoms with Gasteiger partial charge in [-0.3, -0.25) is 0 Å². The van der Waals surface area contributed by atoms with Gasteiger partial charge in [0.25, 0.3) is 0 Å². The molecule has 0 heterocycles. The maximum Gasteiger partial charge on any atom is 0.335 e. The third-order valence-electron chi connectivity index (χ3n) is 3.56. The van der Waals surface area contributed by atoms with Gasteiger partial charge in [0.15, 0.2) is 0 Å². The van der Waals surface area contributed by atoms with Crippen molar-refractivity contribution < 1.29 is 14.6 Å². The van der Waals surface area contributed by atoms with Crippen molar-refractivity contribution in [1.82, 2.24) is 5.32 Å². The molecular formula is C15H21NO3. The van der Waals surface area contributed by atoms with Gasteiger partial charge in [0.1, 0.15) is 12.4 Å². The van der Waals surface area contributed by atoms with Gasteiger partial charge in [-0.2, -0.15) is 0 Å². The van der Waals surface area contributed by atoms with Crippen molar-refractivity contribution in [2.75, 3.05) is 19.7 Å². The highest BCUT2D eigenvalue weighted by Crippen LogP contribution is 2.23. The average molecular weight is 263 g/mol. The standard InChI is InChI=1S/C15H21NO3/c17-15(18)13-5-7-14(8-6-13)19-10-9-16-11-12-3-1-2-4-12/h5-8,12,16H,1-4,9-11H2,(H,17,18). The zero-order valence-electron chi connectivity index (χ0n) is 11.1. The van der Waals surface area contributed by atoms with E-state index in [1.165, 1.54) is 25.7 Å². The number of benzene rings is 1. The number of hydrogen-bond donors (Lipinski definition) is 2.